The number of carbonyl (C=O) groups is 3. The van der Waals surface area contributed by atoms with Crippen molar-refractivity contribution in [2.75, 3.05) is 13.2 Å². The molecule has 0 bridgehead atoms. The molecule has 0 aliphatic rings. The molecule has 0 fully saturated rings. The van der Waals surface area contributed by atoms with E-state index in [2.05, 4.69) is 34.6 Å². The van der Waals surface area contributed by atoms with Crippen LogP contribution in [0.5, 0.6) is 0 Å². The summed E-state index contributed by atoms with van der Waals surface area (Å²) in [6, 6.07) is 0. The van der Waals surface area contributed by atoms with Crippen molar-refractivity contribution in [1.82, 2.24) is 0 Å². The molecule has 0 saturated heterocycles. The summed E-state index contributed by atoms with van der Waals surface area (Å²) in [5.74, 6) is 0.763. The van der Waals surface area contributed by atoms with Crippen LogP contribution in [-0.4, -0.2) is 37.2 Å². The van der Waals surface area contributed by atoms with Crippen LogP contribution in [0.3, 0.4) is 0 Å². The Morgan fingerprint density at radius 2 is 0.579 bits per heavy atom. The maximum absolute atomic E-state index is 12.8. The summed E-state index contributed by atoms with van der Waals surface area (Å²) in [5, 5.41) is 0. The van der Waals surface area contributed by atoms with Crippen molar-refractivity contribution < 1.29 is 28.6 Å². The third kappa shape index (κ3) is 45.3. The van der Waals surface area contributed by atoms with Gasteiger partial charge < -0.3 is 14.2 Å². The second kappa shape index (κ2) is 44.0. The predicted molar refractivity (Wildman–Crippen MR) is 243 cm³/mol. The summed E-state index contributed by atoms with van der Waals surface area (Å²) < 4.78 is 16.8. The first-order valence-corrected chi connectivity index (χ1v) is 25.2. The third-order valence-electron chi connectivity index (χ3n) is 11.5. The zero-order chi connectivity index (χ0) is 41.9. The van der Waals surface area contributed by atoms with Crippen LogP contribution in [0.15, 0.2) is 0 Å². The highest BCUT2D eigenvalue weighted by Crippen LogP contribution is 2.17. The minimum atomic E-state index is -0.761. The highest BCUT2D eigenvalue weighted by molar-refractivity contribution is 5.71. The lowest BCUT2D eigenvalue weighted by Crippen LogP contribution is -2.30. The first-order chi connectivity index (χ1) is 27.7. The van der Waals surface area contributed by atoms with Crippen molar-refractivity contribution in [2.45, 2.75) is 285 Å². The number of hydrogen-bond acceptors (Lipinski definition) is 6. The summed E-state index contributed by atoms with van der Waals surface area (Å²) >= 11 is 0. The van der Waals surface area contributed by atoms with E-state index in [0.717, 1.165) is 69.6 Å². The fourth-order valence-corrected chi connectivity index (χ4v) is 7.64. The Balaban J connectivity index is 4.32. The van der Waals surface area contributed by atoms with E-state index in [1.54, 1.807) is 0 Å². The molecule has 0 radical (unpaired) electrons. The van der Waals surface area contributed by atoms with Gasteiger partial charge in [0.2, 0.25) is 0 Å². The number of hydrogen-bond donors (Lipinski definition) is 0. The van der Waals surface area contributed by atoms with Gasteiger partial charge in [-0.2, -0.15) is 0 Å². The van der Waals surface area contributed by atoms with Crippen molar-refractivity contribution in [1.29, 1.82) is 0 Å². The standard InChI is InChI=1S/C51H98O6/c1-6-7-8-9-10-11-12-13-14-15-16-21-28-33-38-43-51(54)57-48(45-56-50(53)42-37-32-27-23-22-25-30-35-40-47(4)5)44-55-49(52)41-36-31-26-20-18-17-19-24-29-34-39-46(2)3/h46-48H,6-45H2,1-5H3/t48-/m0/s1. The molecule has 6 nitrogen and oxygen atoms in total. The van der Waals surface area contributed by atoms with Gasteiger partial charge in [-0.25, -0.2) is 0 Å². The summed E-state index contributed by atoms with van der Waals surface area (Å²) in [6.45, 7) is 11.3. The lowest BCUT2D eigenvalue weighted by molar-refractivity contribution is -0.167. The first-order valence-electron chi connectivity index (χ1n) is 25.2. The molecule has 0 heterocycles. The molecular formula is C51H98O6. The van der Waals surface area contributed by atoms with Gasteiger partial charge in [0.1, 0.15) is 13.2 Å². The van der Waals surface area contributed by atoms with E-state index in [9.17, 15) is 14.4 Å². The Bertz CT molecular complexity index is 870. The van der Waals surface area contributed by atoms with Crippen LogP contribution in [0.25, 0.3) is 0 Å². The van der Waals surface area contributed by atoms with E-state index in [1.807, 2.05) is 0 Å². The van der Waals surface area contributed by atoms with Gasteiger partial charge in [0.15, 0.2) is 6.10 Å². The Morgan fingerprint density at radius 3 is 0.860 bits per heavy atom. The van der Waals surface area contributed by atoms with Gasteiger partial charge in [0.05, 0.1) is 0 Å². The van der Waals surface area contributed by atoms with Gasteiger partial charge in [-0.3, -0.25) is 14.4 Å². The van der Waals surface area contributed by atoms with Gasteiger partial charge in [-0.1, -0.05) is 240 Å². The van der Waals surface area contributed by atoms with Crippen molar-refractivity contribution in [2.24, 2.45) is 11.8 Å². The number of carbonyl (C=O) groups excluding carboxylic acids is 3. The molecule has 0 aliphatic carbocycles. The third-order valence-corrected chi connectivity index (χ3v) is 11.5. The molecule has 1 atom stereocenters. The lowest BCUT2D eigenvalue weighted by Gasteiger charge is -2.18. The highest BCUT2D eigenvalue weighted by atomic mass is 16.6. The number of rotatable bonds is 45. The topological polar surface area (TPSA) is 78.9 Å². The Kier molecular flexibility index (Phi) is 42.7. The minimum Gasteiger partial charge on any atom is -0.462 e. The largest absolute Gasteiger partial charge is 0.462 e. The minimum absolute atomic E-state index is 0.0644. The molecule has 0 N–H and O–H groups in total. The maximum atomic E-state index is 12.8. The van der Waals surface area contributed by atoms with E-state index in [-0.39, 0.29) is 31.1 Å². The molecule has 0 amide bonds. The molecule has 0 aliphatic heterocycles. The van der Waals surface area contributed by atoms with Gasteiger partial charge in [-0.15, -0.1) is 0 Å². The van der Waals surface area contributed by atoms with Crippen LogP contribution >= 0.6 is 0 Å². The predicted octanol–water partition coefficient (Wildman–Crippen LogP) is 16.1. The van der Waals surface area contributed by atoms with Crippen LogP contribution in [0, 0.1) is 11.8 Å². The smallest absolute Gasteiger partial charge is 0.306 e. The maximum Gasteiger partial charge on any atom is 0.306 e. The van der Waals surface area contributed by atoms with Gasteiger partial charge >= 0.3 is 17.9 Å². The highest BCUT2D eigenvalue weighted by Gasteiger charge is 2.19. The van der Waals surface area contributed by atoms with Gasteiger partial charge in [0.25, 0.3) is 0 Å². The quantitative estimate of drug-likeness (QED) is 0.0346. The first kappa shape index (κ1) is 55.4. The normalized spacial score (nSPS) is 12.1. The van der Waals surface area contributed by atoms with Gasteiger partial charge in [0, 0.05) is 19.3 Å². The zero-order valence-corrected chi connectivity index (χ0v) is 39.0. The molecule has 0 aromatic rings. The Labute approximate surface area is 355 Å². The molecule has 0 rings (SSSR count). The number of esters is 3. The van der Waals surface area contributed by atoms with Crippen molar-refractivity contribution in [3.05, 3.63) is 0 Å². The molecule has 0 spiro atoms. The molecule has 0 unspecified atom stereocenters. The molecule has 338 valence electrons. The fourth-order valence-electron chi connectivity index (χ4n) is 7.64. The fraction of sp³-hybridized carbons (Fsp3) is 0.941. The Morgan fingerprint density at radius 1 is 0.333 bits per heavy atom. The molecular weight excluding hydrogens is 709 g/mol. The van der Waals surface area contributed by atoms with Crippen LogP contribution in [0.1, 0.15) is 279 Å². The van der Waals surface area contributed by atoms with Crippen molar-refractivity contribution in [3.8, 4) is 0 Å². The lowest BCUT2D eigenvalue weighted by atomic mass is 10.0. The molecule has 0 aromatic heterocycles. The van der Waals surface area contributed by atoms with Crippen molar-refractivity contribution >= 4 is 17.9 Å². The van der Waals surface area contributed by atoms with Crippen molar-refractivity contribution in [3.63, 3.8) is 0 Å². The average Bonchev–Trinajstić information content (AvgIpc) is 3.18. The van der Waals surface area contributed by atoms with E-state index in [0.29, 0.717) is 19.3 Å². The monoisotopic (exact) mass is 807 g/mol. The average molecular weight is 807 g/mol. The molecule has 6 heteroatoms. The Hall–Kier alpha value is -1.59. The van der Waals surface area contributed by atoms with E-state index in [1.165, 1.54) is 167 Å². The SMILES string of the molecule is CCCCCCCCCCCCCCCCCC(=O)O[C@@H](COC(=O)CCCCCCCCCCCCC(C)C)COC(=O)CCCCCCCCCCC(C)C. The van der Waals surface area contributed by atoms with Gasteiger partial charge in [-0.05, 0) is 31.1 Å². The van der Waals surface area contributed by atoms with Crippen LogP contribution in [-0.2, 0) is 28.6 Å². The summed E-state index contributed by atoms with van der Waals surface area (Å²) in [4.78, 5) is 37.9. The summed E-state index contributed by atoms with van der Waals surface area (Å²) in [7, 11) is 0. The van der Waals surface area contributed by atoms with E-state index >= 15 is 0 Å². The zero-order valence-electron chi connectivity index (χ0n) is 39.0. The second-order valence-corrected chi connectivity index (χ2v) is 18.4. The molecule has 57 heavy (non-hydrogen) atoms. The number of ether oxygens (including phenoxy) is 3. The molecule has 0 aromatic carbocycles. The summed E-state index contributed by atoms with van der Waals surface area (Å²) in [5.41, 5.74) is 0. The summed E-state index contributed by atoms with van der Waals surface area (Å²) in [6.07, 6.45) is 43.8. The van der Waals surface area contributed by atoms with Crippen LogP contribution in [0.4, 0.5) is 0 Å². The van der Waals surface area contributed by atoms with E-state index in [4.69, 9.17) is 14.2 Å². The second-order valence-electron chi connectivity index (χ2n) is 18.4. The van der Waals surface area contributed by atoms with Crippen LogP contribution in [0.2, 0.25) is 0 Å². The molecule has 0 saturated carbocycles. The number of unbranched alkanes of at least 4 members (excludes halogenated alkanes) is 30. The van der Waals surface area contributed by atoms with Crippen LogP contribution < -0.4 is 0 Å². The van der Waals surface area contributed by atoms with E-state index < -0.39 is 6.10 Å².